The number of fused-ring (bicyclic) bond motifs is 5. The van der Waals surface area contributed by atoms with Crippen LogP contribution in [-0.2, 0) is 35.6 Å². The Morgan fingerprint density at radius 1 is 1.00 bits per heavy atom. The number of rotatable bonds is 7. The van der Waals surface area contributed by atoms with Gasteiger partial charge in [-0.3, -0.25) is 19.1 Å². The number of alkyl carbamates (subject to hydrolysis) is 1. The molecule has 5 fully saturated rings. The van der Waals surface area contributed by atoms with Crippen molar-refractivity contribution in [3.05, 3.63) is 41.6 Å². The summed E-state index contributed by atoms with van der Waals surface area (Å²) < 4.78 is 46.3. The predicted octanol–water partition coefficient (Wildman–Crippen LogP) is 5.22. The van der Waals surface area contributed by atoms with Crippen LogP contribution in [0.5, 0.6) is 11.5 Å². The summed E-state index contributed by atoms with van der Waals surface area (Å²) in [6.07, 6.45) is 14.3. The molecule has 4 aliphatic carbocycles. The summed E-state index contributed by atoms with van der Waals surface area (Å²) >= 11 is 0. The van der Waals surface area contributed by atoms with Gasteiger partial charge in [-0.05, 0) is 115 Å². The average molecular weight is 818 g/mol. The molecule has 2 aromatic rings. The molecule has 4 heterocycles. The summed E-state index contributed by atoms with van der Waals surface area (Å²) in [5, 5.41) is 6.81. The minimum atomic E-state index is -3.99. The second kappa shape index (κ2) is 14.7. The SMILES string of the molecule is COc1ccc2nc(C3CC3)c3c(c2c1)CC[C@]1(C[C@H]2C(=O)N[C@]4(C(=O)NS(=O)(=O)C5(C)CC5)C[C@H]4/C=C\CCCCC[C@H](NC(=O)OC4CCCC4)C(=O)N2C1)O3. The van der Waals surface area contributed by atoms with Gasteiger partial charge in [-0.1, -0.05) is 25.0 Å². The highest BCUT2D eigenvalue weighted by Crippen LogP contribution is 2.52. The van der Waals surface area contributed by atoms with Crippen molar-refractivity contribution in [1.29, 1.82) is 0 Å². The Morgan fingerprint density at radius 2 is 1.78 bits per heavy atom. The van der Waals surface area contributed by atoms with E-state index in [0.29, 0.717) is 56.4 Å². The molecule has 4 saturated carbocycles. The van der Waals surface area contributed by atoms with Crippen LogP contribution in [0, 0.1) is 5.92 Å². The van der Waals surface area contributed by atoms with Gasteiger partial charge in [-0.15, -0.1) is 0 Å². The van der Waals surface area contributed by atoms with E-state index in [0.717, 1.165) is 73.5 Å². The average Bonchev–Trinajstić information content (AvgIpc) is 4.17. The van der Waals surface area contributed by atoms with Crippen LogP contribution in [0.4, 0.5) is 4.79 Å². The van der Waals surface area contributed by atoms with Gasteiger partial charge in [0.1, 0.15) is 40.8 Å². The minimum absolute atomic E-state index is 0.0781. The van der Waals surface area contributed by atoms with Gasteiger partial charge < -0.3 is 29.7 Å². The number of benzene rings is 1. The highest BCUT2D eigenvalue weighted by Gasteiger charge is 2.64. The number of amides is 4. The molecule has 3 N–H and O–H groups in total. The summed E-state index contributed by atoms with van der Waals surface area (Å²) in [7, 11) is -2.36. The van der Waals surface area contributed by atoms with Crippen molar-refractivity contribution in [2.75, 3.05) is 13.7 Å². The van der Waals surface area contributed by atoms with Gasteiger partial charge in [0.25, 0.3) is 5.91 Å². The van der Waals surface area contributed by atoms with Crippen LogP contribution in [0.2, 0.25) is 0 Å². The zero-order valence-electron chi connectivity index (χ0n) is 33.5. The lowest BCUT2D eigenvalue weighted by atomic mass is 9.86. The van der Waals surface area contributed by atoms with Crippen LogP contribution in [0.25, 0.3) is 10.9 Å². The molecule has 7 aliphatic rings. The lowest BCUT2D eigenvalue weighted by molar-refractivity contribution is -0.141. The van der Waals surface area contributed by atoms with Crippen molar-refractivity contribution in [3.63, 3.8) is 0 Å². The van der Waals surface area contributed by atoms with Crippen LogP contribution < -0.4 is 24.8 Å². The van der Waals surface area contributed by atoms with E-state index in [1.807, 2.05) is 30.4 Å². The molecule has 312 valence electrons. The normalized spacial score (nSPS) is 31.4. The fourth-order valence-corrected chi connectivity index (χ4v) is 10.9. The number of pyridine rings is 1. The topological polar surface area (TPSA) is 182 Å². The molecule has 1 aromatic carbocycles. The van der Waals surface area contributed by atoms with Gasteiger partial charge in [0, 0.05) is 29.2 Å². The molecule has 0 radical (unpaired) electrons. The van der Waals surface area contributed by atoms with E-state index in [-0.39, 0.29) is 31.4 Å². The number of hydrogen-bond acceptors (Lipinski definition) is 10. The number of carbonyl (C=O) groups is 4. The second-order valence-electron chi connectivity index (χ2n) is 18.2. The second-order valence-corrected chi connectivity index (χ2v) is 20.4. The number of methoxy groups -OCH3 is 1. The van der Waals surface area contributed by atoms with Crippen LogP contribution in [0.1, 0.15) is 127 Å². The number of nitrogens with one attached hydrogen (secondary N) is 3. The van der Waals surface area contributed by atoms with E-state index in [2.05, 4.69) is 15.4 Å². The number of aryl methyl sites for hydroxylation is 1. The zero-order chi connectivity index (χ0) is 40.5. The van der Waals surface area contributed by atoms with Crippen LogP contribution in [0.3, 0.4) is 0 Å². The Morgan fingerprint density at radius 3 is 2.52 bits per heavy atom. The standard InChI is InChI=1S/C43H55N5O9S/c1-41(20-21-41)58(53,54)47-39(51)43-23-27(43)10-6-4-3-5-7-13-33(45-40(52)56-28-11-8-9-12-28)38(50)48-25-42(24-34(48)37(49)46-43)19-18-30-31-22-29(55-2)16-17-32(31)44-35(26-14-15-26)36(30)57-42/h6,10,16-17,22,26-28,33-34H,3-5,7-9,11-15,18-21,23-25H2,1-2H3,(H,45,52)(H,46,49)(H,47,51)/b10-6-/t27-,33+,34+,42-,43-/m1/s1. The minimum Gasteiger partial charge on any atom is -0.497 e. The molecule has 58 heavy (non-hydrogen) atoms. The number of aromatic nitrogens is 1. The van der Waals surface area contributed by atoms with Gasteiger partial charge in [-0.25, -0.2) is 18.2 Å². The molecule has 0 unspecified atom stereocenters. The first-order valence-corrected chi connectivity index (χ1v) is 22.8. The van der Waals surface area contributed by atoms with Crippen molar-refractivity contribution in [1.82, 2.24) is 25.2 Å². The highest BCUT2D eigenvalue weighted by molar-refractivity contribution is 7.91. The van der Waals surface area contributed by atoms with Crippen LogP contribution >= 0.6 is 0 Å². The van der Waals surface area contributed by atoms with Gasteiger partial charge in [-0.2, -0.15) is 0 Å². The molecule has 14 nitrogen and oxygen atoms in total. The predicted molar refractivity (Wildman–Crippen MR) is 214 cm³/mol. The van der Waals surface area contributed by atoms with E-state index in [9.17, 15) is 27.6 Å². The Bertz CT molecular complexity index is 2160. The summed E-state index contributed by atoms with van der Waals surface area (Å²) in [5.74, 6) is -0.508. The summed E-state index contributed by atoms with van der Waals surface area (Å²) in [6, 6.07) is 3.82. The first kappa shape index (κ1) is 39.1. The summed E-state index contributed by atoms with van der Waals surface area (Å²) in [5.41, 5.74) is 0.308. The number of sulfonamides is 1. The molecular weight excluding hydrogens is 763 g/mol. The highest BCUT2D eigenvalue weighted by atomic mass is 32.2. The van der Waals surface area contributed by atoms with Gasteiger partial charge in [0.05, 0.1) is 29.6 Å². The summed E-state index contributed by atoms with van der Waals surface area (Å²) in [6.45, 7) is 1.69. The maximum atomic E-state index is 14.9. The van der Waals surface area contributed by atoms with Crippen molar-refractivity contribution in [2.24, 2.45) is 5.92 Å². The van der Waals surface area contributed by atoms with E-state index >= 15 is 0 Å². The molecule has 9 rings (SSSR count). The van der Waals surface area contributed by atoms with Gasteiger partial charge >= 0.3 is 6.09 Å². The third-order valence-electron chi connectivity index (χ3n) is 13.9. The maximum Gasteiger partial charge on any atom is 0.408 e. The van der Waals surface area contributed by atoms with E-state index in [1.54, 1.807) is 14.0 Å². The van der Waals surface area contributed by atoms with Crippen molar-refractivity contribution in [2.45, 2.75) is 156 Å². The van der Waals surface area contributed by atoms with E-state index in [4.69, 9.17) is 19.2 Å². The zero-order valence-corrected chi connectivity index (χ0v) is 34.3. The monoisotopic (exact) mass is 817 g/mol. The quantitative estimate of drug-likeness (QED) is 0.314. The van der Waals surface area contributed by atoms with Gasteiger partial charge in [0.15, 0.2) is 0 Å². The largest absolute Gasteiger partial charge is 0.497 e. The third kappa shape index (κ3) is 7.29. The summed E-state index contributed by atoms with van der Waals surface area (Å²) in [4.78, 5) is 63.7. The maximum absolute atomic E-state index is 14.9. The Balaban J connectivity index is 1.06. The molecular formula is C43H55N5O9S. The number of allylic oxidation sites excluding steroid dienone is 1. The Labute approximate surface area is 339 Å². The molecule has 1 saturated heterocycles. The Hall–Kier alpha value is -4.40. The number of hydrogen-bond donors (Lipinski definition) is 3. The molecule has 0 bridgehead atoms. The molecule has 1 spiro atoms. The lowest BCUT2D eigenvalue weighted by Crippen LogP contribution is -2.58. The number of carbonyl (C=O) groups excluding carboxylic acids is 4. The number of ether oxygens (including phenoxy) is 3. The fourth-order valence-electron chi connectivity index (χ4n) is 9.63. The van der Waals surface area contributed by atoms with Crippen LogP contribution in [0.15, 0.2) is 30.4 Å². The van der Waals surface area contributed by atoms with Gasteiger partial charge in [0.2, 0.25) is 21.8 Å². The van der Waals surface area contributed by atoms with Crippen LogP contribution in [-0.4, -0.2) is 89.8 Å². The smallest absolute Gasteiger partial charge is 0.408 e. The molecule has 5 atom stereocenters. The van der Waals surface area contributed by atoms with E-state index < -0.39 is 67.7 Å². The Kier molecular flexibility index (Phi) is 9.91. The van der Waals surface area contributed by atoms with E-state index in [1.165, 1.54) is 4.90 Å². The lowest BCUT2D eigenvalue weighted by Gasteiger charge is -2.37. The fraction of sp³-hybridized carbons (Fsp3) is 0.651. The first-order chi connectivity index (χ1) is 27.8. The number of nitrogens with zero attached hydrogens (tertiary/aromatic N) is 2. The molecule has 1 aromatic heterocycles. The molecule has 4 amide bonds. The third-order valence-corrected chi connectivity index (χ3v) is 16.0. The van der Waals surface area contributed by atoms with Crippen molar-refractivity contribution in [3.8, 4) is 11.5 Å². The van der Waals surface area contributed by atoms with Crippen molar-refractivity contribution < 1.29 is 41.8 Å². The van der Waals surface area contributed by atoms with Crippen molar-refractivity contribution >= 4 is 44.7 Å². The molecule has 15 heteroatoms. The molecule has 3 aliphatic heterocycles. The first-order valence-electron chi connectivity index (χ1n) is 21.4.